The van der Waals surface area contributed by atoms with Crippen LogP contribution >= 0.6 is 23.2 Å². The summed E-state index contributed by atoms with van der Waals surface area (Å²) in [6, 6.07) is 9.54. The maximum atomic E-state index is 12.9. The smallest absolute Gasteiger partial charge is 0.313 e. The van der Waals surface area contributed by atoms with Crippen molar-refractivity contribution in [3.63, 3.8) is 0 Å². The molecule has 0 N–H and O–H groups in total. The highest BCUT2D eigenvalue weighted by atomic mass is 35.5. The first kappa shape index (κ1) is 21.6. The van der Waals surface area contributed by atoms with Crippen LogP contribution in [0.3, 0.4) is 0 Å². The highest BCUT2D eigenvalue weighted by Gasteiger charge is 2.59. The lowest BCUT2D eigenvalue weighted by Crippen LogP contribution is -2.28. The lowest BCUT2D eigenvalue weighted by molar-refractivity contribution is -0.385. The number of amides is 2. The molecule has 0 spiro atoms. The summed E-state index contributed by atoms with van der Waals surface area (Å²) < 4.78 is 5.76. The Bertz CT molecular complexity index is 1210. The standard InChI is InChI=1S/C23H17Cl2N3O5/c24-16-8-15(10-26-27-22(29)19-12-5-6-13(7-12)20(19)23(27)30)21(18(9-16)28(31)32)33-11-14-3-1-2-4-17(14)25/h1-6,8-10,12-13,19-20H,7,11H2. The molecule has 2 aromatic rings. The number of carbonyl (C=O) groups is 2. The Labute approximate surface area is 198 Å². The minimum absolute atomic E-state index is 0.0380. The van der Waals surface area contributed by atoms with Crippen molar-refractivity contribution in [1.82, 2.24) is 5.01 Å². The van der Waals surface area contributed by atoms with E-state index in [1.807, 2.05) is 12.2 Å². The van der Waals surface area contributed by atoms with Crippen LogP contribution in [0.4, 0.5) is 5.69 Å². The van der Waals surface area contributed by atoms with Gasteiger partial charge in [0, 0.05) is 27.2 Å². The maximum absolute atomic E-state index is 12.9. The van der Waals surface area contributed by atoms with Crippen LogP contribution in [0.1, 0.15) is 17.5 Å². The van der Waals surface area contributed by atoms with E-state index in [1.54, 1.807) is 24.3 Å². The second kappa shape index (κ2) is 8.28. The van der Waals surface area contributed by atoms with E-state index in [-0.39, 0.29) is 52.3 Å². The van der Waals surface area contributed by atoms with Gasteiger partial charge in [0.25, 0.3) is 11.8 Å². The number of carbonyl (C=O) groups excluding carboxylic acids is 2. The van der Waals surface area contributed by atoms with Crippen molar-refractivity contribution in [1.29, 1.82) is 0 Å². The molecule has 1 saturated carbocycles. The Hall–Kier alpha value is -3.23. The molecule has 8 nitrogen and oxygen atoms in total. The number of hydrogen-bond donors (Lipinski definition) is 0. The minimum atomic E-state index is -0.620. The molecule has 1 aliphatic heterocycles. The van der Waals surface area contributed by atoms with Crippen molar-refractivity contribution in [3.8, 4) is 5.75 Å². The highest BCUT2D eigenvalue weighted by Crippen LogP contribution is 2.52. The second-order valence-electron chi connectivity index (χ2n) is 8.21. The van der Waals surface area contributed by atoms with Crippen LogP contribution in [0.2, 0.25) is 10.0 Å². The summed E-state index contributed by atoms with van der Waals surface area (Å²) in [5.74, 6) is -1.48. The Morgan fingerprint density at radius 3 is 2.42 bits per heavy atom. The molecule has 4 unspecified atom stereocenters. The van der Waals surface area contributed by atoms with Crippen LogP contribution in [-0.2, 0) is 16.2 Å². The third-order valence-corrected chi connectivity index (χ3v) is 6.94. The Balaban J connectivity index is 1.46. The lowest BCUT2D eigenvalue weighted by atomic mass is 9.85. The van der Waals surface area contributed by atoms with Gasteiger partial charge in [0.1, 0.15) is 6.61 Å². The molecular weight excluding hydrogens is 469 g/mol. The SMILES string of the molecule is O=C1C2C3C=CC(C3)C2C(=O)N1N=Cc1cc(Cl)cc([N+](=O)[O-])c1OCc1ccccc1Cl. The first-order valence-corrected chi connectivity index (χ1v) is 11.0. The quantitative estimate of drug-likeness (QED) is 0.195. The fourth-order valence-corrected chi connectivity index (χ4v) is 5.29. The number of fused-ring (bicyclic) bond motifs is 5. The molecule has 33 heavy (non-hydrogen) atoms. The van der Waals surface area contributed by atoms with Gasteiger partial charge in [-0.15, -0.1) is 0 Å². The average molecular weight is 486 g/mol. The number of hydrogen-bond acceptors (Lipinski definition) is 6. The van der Waals surface area contributed by atoms with E-state index in [0.29, 0.717) is 10.6 Å². The number of nitro benzene ring substituents is 1. The number of allylic oxidation sites excluding steroid dienone is 2. The van der Waals surface area contributed by atoms with Gasteiger partial charge in [0.05, 0.1) is 23.0 Å². The van der Waals surface area contributed by atoms with Gasteiger partial charge in [0.2, 0.25) is 5.75 Å². The number of hydrazone groups is 1. The normalized spacial score (nSPS) is 25.3. The lowest BCUT2D eigenvalue weighted by Gasteiger charge is -2.13. The van der Waals surface area contributed by atoms with Gasteiger partial charge >= 0.3 is 5.69 Å². The van der Waals surface area contributed by atoms with Crippen molar-refractivity contribution in [3.05, 3.63) is 79.8 Å². The third-order valence-electron chi connectivity index (χ3n) is 6.35. The van der Waals surface area contributed by atoms with Gasteiger partial charge in [-0.3, -0.25) is 19.7 Å². The molecule has 2 bridgehead atoms. The van der Waals surface area contributed by atoms with Gasteiger partial charge in [-0.25, -0.2) is 0 Å². The molecule has 2 aromatic carbocycles. The second-order valence-corrected chi connectivity index (χ2v) is 9.06. The molecule has 0 aromatic heterocycles. The zero-order chi connectivity index (χ0) is 23.3. The zero-order valence-corrected chi connectivity index (χ0v) is 18.6. The van der Waals surface area contributed by atoms with Crippen LogP contribution in [0.15, 0.2) is 53.7 Å². The number of nitro groups is 1. The van der Waals surface area contributed by atoms with Crippen LogP contribution in [0, 0.1) is 33.8 Å². The van der Waals surface area contributed by atoms with E-state index in [0.717, 1.165) is 11.4 Å². The summed E-state index contributed by atoms with van der Waals surface area (Å²) in [7, 11) is 0. The summed E-state index contributed by atoms with van der Waals surface area (Å²) in [6.45, 7) is -0.0380. The van der Waals surface area contributed by atoms with Crippen LogP contribution in [0.25, 0.3) is 0 Å². The van der Waals surface area contributed by atoms with Crippen molar-refractivity contribution in [2.75, 3.05) is 0 Å². The molecule has 10 heteroatoms. The summed E-state index contributed by atoms with van der Waals surface area (Å²) >= 11 is 12.3. The van der Waals surface area contributed by atoms with E-state index in [9.17, 15) is 19.7 Å². The topological polar surface area (TPSA) is 102 Å². The molecule has 5 rings (SSSR count). The molecule has 0 radical (unpaired) electrons. The fraction of sp³-hybridized carbons (Fsp3) is 0.261. The number of ether oxygens (including phenoxy) is 1. The zero-order valence-electron chi connectivity index (χ0n) is 17.1. The van der Waals surface area contributed by atoms with Gasteiger partial charge < -0.3 is 4.74 Å². The Morgan fingerprint density at radius 2 is 1.79 bits per heavy atom. The van der Waals surface area contributed by atoms with Crippen molar-refractivity contribution in [2.45, 2.75) is 13.0 Å². The molecule has 2 fully saturated rings. The van der Waals surface area contributed by atoms with Gasteiger partial charge in [0.15, 0.2) is 0 Å². The number of benzene rings is 2. The van der Waals surface area contributed by atoms with Crippen molar-refractivity contribution < 1.29 is 19.2 Å². The fourth-order valence-electron chi connectivity index (χ4n) is 4.87. The molecular formula is C23H17Cl2N3O5. The van der Waals surface area contributed by atoms with E-state index < -0.39 is 16.8 Å². The molecule has 3 aliphatic rings. The molecule has 168 valence electrons. The van der Waals surface area contributed by atoms with Gasteiger partial charge in [-0.2, -0.15) is 10.1 Å². The monoisotopic (exact) mass is 485 g/mol. The van der Waals surface area contributed by atoms with Crippen molar-refractivity contribution in [2.24, 2.45) is 28.8 Å². The highest BCUT2D eigenvalue weighted by molar-refractivity contribution is 6.31. The van der Waals surface area contributed by atoms with E-state index >= 15 is 0 Å². The van der Waals surface area contributed by atoms with Crippen LogP contribution in [-0.4, -0.2) is 28.0 Å². The number of nitrogens with zero attached hydrogens (tertiary/aromatic N) is 3. The first-order chi connectivity index (χ1) is 15.8. The van der Waals surface area contributed by atoms with E-state index in [1.165, 1.54) is 18.3 Å². The number of imide groups is 1. The molecule has 1 heterocycles. The maximum Gasteiger partial charge on any atom is 0.313 e. The van der Waals surface area contributed by atoms with Gasteiger partial charge in [-0.05, 0) is 30.4 Å². The molecule has 2 aliphatic carbocycles. The summed E-state index contributed by atoms with van der Waals surface area (Å²) in [5, 5.41) is 17.2. The molecule has 2 amide bonds. The van der Waals surface area contributed by atoms with Crippen LogP contribution in [0.5, 0.6) is 5.75 Å². The summed E-state index contributed by atoms with van der Waals surface area (Å²) in [6.07, 6.45) is 5.99. The Morgan fingerprint density at radius 1 is 1.12 bits per heavy atom. The summed E-state index contributed by atoms with van der Waals surface area (Å²) in [5.41, 5.74) is 0.432. The third kappa shape index (κ3) is 3.69. The summed E-state index contributed by atoms with van der Waals surface area (Å²) in [4.78, 5) is 36.8. The predicted molar refractivity (Wildman–Crippen MR) is 121 cm³/mol. The predicted octanol–water partition coefficient (Wildman–Crippen LogP) is 4.62. The largest absolute Gasteiger partial charge is 0.481 e. The number of halogens is 2. The van der Waals surface area contributed by atoms with E-state index in [2.05, 4.69) is 5.10 Å². The Kier molecular flexibility index (Phi) is 5.42. The average Bonchev–Trinajstić information content (AvgIpc) is 3.46. The minimum Gasteiger partial charge on any atom is -0.481 e. The molecule has 1 saturated heterocycles. The van der Waals surface area contributed by atoms with Gasteiger partial charge in [-0.1, -0.05) is 53.6 Å². The molecule has 4 atom stereocenters. The first-order valence-electron chi connectivity index (χ1n) is 10.3. The van der Waals surface area contributed by atoms with Crippen LogP contribution < -0.4 is 4.74 Å². The van der Waals surface area contributed by atoms with E-state index in [4.69, 9.17) is 27.9 Å². The number of rotatable bonds is 6. The van der Waals surface area contributed by atoms with Crippen molar-refractivity contribution >= 4 is 46.9 Å².